The zero-order valence-corrected chi connectivity index (χ0v) is 8.48. The second-order valence-electron chi connectivity index (χ2n) is 3.57. The van der Waals surface area contributed by atoms with Crippen molar-refractivity contribution in [3.05, 3.63) is 12.2 Å². The number of nitrogens with one attached hydrogen (secondary N) is 1. The van der Waals surface area contributed by atoms with E-state index in [9.17, 15) is 0 Å². The van der Waals surface area contributed by atoms with Gasteiger partial charge in [-0.2, -0.15) is 4.98 Å². The molecule has 6 heteroatoms. The molecule has 15 heavy (non-hydrogen) atoms. The van der Waals surface area contributed by atoms with Crippen molar-refractivity contribution in [2.75, 3.05) is 18.0 Å². The Labute approximate surface area is 88.1 Å². The van der Waals surface area contributed by atoms with Gasteiger partial charge in [-0.3, -0.25) is 5.41 Å². The molecule has 3 N–H and O–H groups in total. The van der Waals surface area contributed by atoms with Crippen molar-refractivity contribution >= 4 is 11.8 Å². The number of anilines is 1. The number of aromatic nitrogens is 3. The van der Waals surface area contributed by atoms with E-state index in [0.717, 1.165) is 13.1 Å². The molecular weight excluding hydrogens is 192 g/mol. The van der Waals surface area contributed by atoms with Gasteiger partial charge in [0.05, 0.1) is 0 Å². The van der Waals surface area contributed by atoms with E-state index in [2.05, 4.69) is 19.9 Å². The minimum absolute atomic E-state index is 0.115. The van der Waals surface area contributed by atoms with Crippen molar-refractivity contribution in [1.29, 1.82) is 5.41 Å². The first-order valence-corrected chi connectivity index (χ1v) is 5.06. The molecule has 1 aliphatic rings. The van der Waals surface area contributed by atoms with E-state index in [0.29, 0.717) is 5.95 Å². The molecule has 2 heterocycles. The molecule has 0 saturated carbocycles. The van der Waals surface area contributed by atoms with Crippen molar-refractivity contribution in [1.82, 2.24) is 15.0 Å². The highest BCUT2D eigenvalue weighted by Gasteiger charge is 2.14. The number of hydrogen-bond acceptors (Lipinski definition) is 5. The van der Waals surface area contributed by atoms with Crippen molar-refractivity contribution in [3.8, 4) is 0 Å². The Morgan fingerprint density at radius 3 is 2.67 bits per heavy atom. The maximum absolute atomic E-state index is 7.25. The number of hydrogen-bond donors (Lipinski definition) is 2. The van der Waals surface area contributed by atoms with Crippen LogP contribution in [0.2, 0.25) is 0 Å². The van der Waals surface area contributed by atoms with Crippen molar-refractivity contribution < 1.29 is 0 Å². The molecule has 1 aromatic heterocycles. The lowest BCUT2D eigenvalue weighted by molar-refractivity contribution is 0.567. The van der Waals surface area contributed by atoms with Crippen LogP contribution < -0.4 is 10.6 Å². The molecular formula is C9H14N6. The summed E-state index contributed by atoms with van der Waals surface area (Å²) in [5.74, 6) is 0.774. The Morgan fingerprint density at radius 1 is 1.27 bits per heavy atom. The van der Waals surface area contributed by atoms with Gasteiger partial charge in [0.25, 0.3) is 0 Å². The molecule has 80 valence electrons. The molecule has 0 aliphatic carbocycles. The third-order valence-corrected chi connectivity index (χ3v) is 2.44. The van der Waals surface area contributed by atoms with Crippen molar-refractivity contribution in [2.24, 2.45) is 5.73 Å². The lowest BCUT2D eigenvalue weighted by atomic mass is 10.1. The summed E-state index contributed by atoms with van der Waals surface area (Å²) < 4.78 is 0. The van der Waals surface area contributed by atoms with E-state index >= 15 is 0 Å². The van der Waals surface area contributed by atoms with Gasteiger partial charge in [0.1, 0.15) is 6.33 Å². The fourth-order valence-electron chi connectivity index (χ4n) is 1.66. The van der Waals surface area contributed by atoms with Gasteiger partial charge in [-0.05, 0) is 19.3 Å². The SMILES string of the molecule is N=C(N)c1ncnc(N2CCCCC2)n1. The quantitative estimate of drug-likeness (QED) is 0.530. The first-order chi connectivity index (χ1) is 7.27. The molecule has 2 rings (SSSR count). The molecule has 1 aliphatic heterocycles. The van der Waals surface area contributed by atoms with Gasteiger partial charge in [0, 0.05) is 13.1 Å². The molecule has 0 radical (unpaired) electrons. The van der Waals surface area contributed by atoms with Crippen LogP contribution in [0.15, 0.2) is 6.33 Å². The van der Waals surface area contributed by atoms with E-state index in [4.69, 9.17) is 11.1 Å². The molecule has 0 unspecified atom stereocenters. The number of amidine groups is 1. The third-order valence-electron chi connectivity index (χ3n) is 2.44. The Balaban J connectivity index is 2.19. The Hall–Kier alpha value is -1.72. The van der Waals surface area contributed by atoms with Gasteiger partial charge in [0.15, 0.2) is 11.7 Å². The summed E-state index contributed by atoms with van der Waals surface area (Å²) in [5, 5.41) is 7.25. The average Bonchev–Trinajstić information content (AvgIpc) is 2.30. The molecule has 1 saturated heterocycles. The highest BCUT2D eigenvalue weighted by molar-refractivity contribution is 5.91. The van der Waals surface area contributed by atoms with Crippen LogP contribution in [0.25, 0.3) is 0 Å². The maximum Gasteiger partial charge on any atom is 0.228 e. The predicted molar refractivity (Wildman–Crippen MR) is 56.9 cm³/mol. The van der Waals surface area contributed by atoms with Gasteiger partial charge < -0.3 is 10.6 Å². The zero-order valence-electron chi connectivity index (χ0n) is 8.48. The number of nitrogens with two attached hydrogens (primary N) is 1. The largest absolute Gasteiger partial charge is 0.381 e. The lowest BCUT2D eigenvalue weighted by Gasteiger charge is -2.26. The first-order valence-electron chi connectivity index (χ1n) is 5.06. The normalized spacial score (nSPS) is 16.4. The fraction of sp³-hybridized carbons (Fsp3) is 0.556. The van der Waals surface area contributed by atoms with Gasteiger partial charge in [-0.1, -0.05) is 0 Å². The Kier molecular flexibility index (Phi) is 2.75. The fourth-order valence-corrected chi connectivity index (χ4v) is 1.66. The van der Waals surface area contributed by atoms with Crippen molar-refractivity contribution in [2.45, 2.75) is 19.3 Å². The summed E-state index contributed by atoms with van der Waals surface area (Å²) in [7, 11) is 0. The number of piperidine rings is 1. The lowest BCUT2D eigenvalue weighted by Crippen LogP contribution is -2.32. The molecule has 0 spiro atoms. The van der Waals surface area contributed by atoms with Crippen LogP contribution in [0.4, 0.5) is 5.95 Å². The first kappa shape index (κ1) is 9.82. The second kappa shape index (κ2) is 4.20. The minimum Gasteiger partial charge on any atom is -0.381 e. The third kappa shape index (κ3) is 2.20. The minimum atomic E-state index is -0.115. The number of rotatable bonds is 2. The molecule has 1 aromatic rings. The standard InChI is InChI=1S/C9H14N6/c10-7(11)8-12-6-13-9(14-8)15-4-2-1-3-5-15/h6H,1-5H2,(H3,10,11). The van der Waals surface area contributed by atoms with Gasteiger partial charge in [-0.15, -0.1) is 0 Å². The van der Waals surface area contributed by atoms with Crippen LogP contribution in [-0.2, 0) is 0 Å². The Morgan fingerprint density at radius 2 is 2.00 bits per heavy atom. The molecule has 6 nitrogen and oxygen atoms in total. The van der Waals surface area contributed by atoms with Crippen LogP contribution in [0.3, 0.4) is 0 Å². The number of nitrogen functional groups attached to an aromatic ring is 1. The van der Waals surface area contributed by atoms with E-state index in [1.54, 1.807) is 0 Å². The maximum atomic E-state index is 7.25. The molecule has 0 atom stereocenters. The summed E-state index contributed by atoms with van der Waals surface area (Å²) >= 11 is 0. The van der Waals surface area contributed by atoms with E-state index in [-0.39, 0.29) is 11.7 Å². The highest BCUT2D eigenvalue weighted by atomic mass is 15.3. The topological polar surface area (TPSA) is 91.8 Å². The van der Waals surface area contributed by atoms with Gasteiger partial charge in [0.2, 0.25) is 5.95 Å². The van der Waals surface area contributed by atoms with E-state index in [1.807, 2.05) is 0 Å². The van der Waals surface area contributed by atoms with Crippen LogP contribution in [0, 0.1) is 5.41 Å². The van der Waals surface area contributed by atoms with Crippen LogP contribution in [0.5, 0.6) is 0 Å². The molecule has 0 amide bonds. The van der Waals surface area contributed by atoms with Crippen LogP contribution in [0.1, 0.15) is 25.1 Å². The summed E-state index contributed by atoms with van der Waals surface area (Å²) in [4.78, 5) is 14.2. The van der Waals surface area contributed by atoms with Crippen LogP contribution >= 0.6 is 0 Å². The second-order valence-corrected chi connectivity index (χ2v) is 3.57. The number of nitrogens with zero attached hydrogens (tertiary/aromatic N) is 4. The average molecular weight is 206 g/mol. The molecule has 1 fully saturated rings. The summed E-state index contributed by atoms with van der Waals surface area (Å²) in [6, 6.07) is 0. The summed E-state index contributed by atoms with van der Waals surface area (Å²) in [6.45, 7) is 1.95. The van der Waals surface area contributed by atoms with E-state index in [1.165, 1.54) is 25.6 Å². The van der Waals surface area contributed by atoms with Crippen molar-refractivity contribution in [3.63, 3.8) is 0 Å². The van der Waals surface area contributed by atoms with Gasteiger partial charge in [-0.25, -0.2) is 9.97 Å². The van der Waals surface area contributed by atoms with Gasteiger partial charge >= 0.3 is 0 Å². The smallest absolute Gasteiger partial charge is 0.228 e. The molecule has 0 bridgehead atoms. The van der Waals surface area contributed by atoms with E-state index < -0.39 is 0 Å². The van der Waals surface area contributed by atoms with Crippen LogP contribution in [-0.4, -0.2) is 33.9 Å². The zero-order chi connectivity index (χ0) is 10.7. The predicted octanol–water partition coefficient (Wildman–Crippen LogP) is 0.146. The summed E-state index contributed by atoms with van der Waals surface area (Å²) in [5.41, 5.74) is 5.32. The molecule has 0 aromatic carbocycles. The monoisotopic (exact) mass is 206 g/mol. The highest BCUT2D eigenvalue weighted by Crippen LogP contribution is 2.14. The Bertz CT molecular complexity index is 357. The summed E-state index contributed by atoms with van der Waals surface area (Å²) in [6.07, 6.45) is 5.01.